The molecule has 1 aliphatic heterocycles. The molecule has 1 fully saturated rings. The molecule has 0 bridgehead atoms. The zero-order valence-electron chi connectivity index (χ0n) is 18.9. The van der Waals surface area contributed by atoms with Crippen molar-refractivity contribution in [2.24, 2.45) is 0 Å². The van der Waals surface area contributed by atoms with Gasteiger partial charge in [0, 0.05) is 24.2 Å². The monoisotopic (exact) mass is 482 g/mol. The van der Waals surface area contributed by atoms with Crippen molar-refractivity contribution in [1.29, 1.82) is 0 Å². The standard InChI is InChI=1S/C24H26N4O3S2/c1-16-4-8-18(9-5-16)22-23(19-10-6-17(2)7-11-19)26-27-24(25-22)32-14-21(29)28(3)20-12-13-33(30,31)15-20/h4-11,20H,12-15H2,1-3H3. The Morgan fingerprint density at radius 1 is 0.970 bits per heavy atom. The Balaban J connectivity index is 1.56. The maximum absolute atomic E-state index is 12.7. The highest BCUT2D eigenvalue weighted by molar-refractivity contribution is 7.99. The molecule has 1 aromatic heterocycles. The van der Waals surface area contributed by atoms with Crippen LogP contribution in [0.1, 0.15) is 17.5 Å². The molecule has 0 saturated carbocycles. The van der Waals surface area contributed by atoms with Gasteiger partial charge in [-0.15, -0.1) is 10.2 Å². The summed E-state index contributed by atoms with van der Waals surface area (Å²) in [7, 11) is -1.39. The Morgan fingerprint density at radius 2 is 1.55 bits per heavy atom. The SMILES string of the molecule is Cc1ccc(-c2nnc(SCC(=O)N(C)C3CCS(=O)(=O)C3)nc2-c2ccc(C)cc2)cc1. The number of hydrogen-bond acceptors (Lipinski definition) is 7. The van der Waals surface area contributed by atoms with Gasteiger partial charge in [0.15, 0.2) is 9.84 Å². The lowest BCUT2D eigenvalue weighted by Gasteiger charge is -2.23. The van der Waals surface area contributed by atoms with Crippen LogP contribution < -0.4 is 0 Å². The number of aromatic nitrogens is 3. The van der Waals surface area contributed by atoms with Gasteiger partial charge < -0.3 is 4.90 Å². The van der Waals surface area contributed by atoms with Gasteiger partial charge in [0.2, 0.25) is 11.1 Å². The average molecular weight is 483 g/mol. The van der Waals surface area contributed by atoms with Crippen molar-refractivity contribution in [1.82, 2.24) is 20.1 Å². The quantitative estimate of drug-likeness (QED) is 0.496. The minimum absolute atomic E-state index is 0.0286. The molecular formula is C24H26N4O3S2. The predicted molar refractivity (Wildman–Crippen MR) is 131 cm³/mol. The molecule has 0 spiro atoms. The first-order valence-corrected chi connectivity index (χ1v) is 13.5. The smallest absolute Gasteiger partial charge is 0.233 e. The van der Waals surface area contributed by atoms with E-state index in [0.717, 1.165) is 22.3 Å². The van der Waals surface area contributed by atoms with Gasteiger partial charge in [0.1, 0.15) is 11.4 Å². The summed E-state index contributed by atoms with van der Waals surface area (Å²) in [5.74, 6) is 0.132. The molecule has 0 aliphatic carbocycles. The summed E-state index contributed by atoms with van der Waals surface area (Å²) in [6, 6.07) is 15.8. The third-order valence-electron chi connectivity index (χ3n) is 5.79. The van der Waals surface area contributed by atoms with Gasteiger partial charge in [-0.05, 0) is 20.3 Å². The summed E-state index contributed by atoms with van der Waals surface area (Å²) in [5.41, 5.74) is 5.54. The number of amides is 1. The molecular weight excluding hydrogens is 456 g/mol. The van der Waals surface area contributed by atoms with E-state index in [9.17, 15) is 13.2 Å². The zero-order valence-corrected chi connectivity index (χ0v) is 20.5. The van der Waals surface area contributed by atoms with Gasteiger partial charge in [-0.1, -0.05) is 71.4 Å². The van der Waals surface area contributed by atoms with E-state index in [-0.39, 0.29) is 29.2 Å². The number of nitrogens with zero attached hydrogens (tertiary/aromatic N) is 4. The van der Waals surface area contributed by atoms with E-state index < -0.39 is 9.84 Å². The summed E-state index contributed by atoms with van der Waals surface area (Å²) in [6.07, 6.45) is 0.482. The van der Waals surface area contributed by atoms with Crippen LogP contribution in [0.5, 0.6) is 0 Å². The number of hydrogen-bond donors (Lipinski definition) is 0. The molecule has 1 atom stereocenters. The lowest BCUT2D eigenvalue weighted by molar-refractivity contribution is -0.128. The van der Waals surface area contributed by atoms with Gasteiger partial charge in [-0.25, -0.2) is 13.4 Å². The molecule has 1 aliphatic rings. The van der Waals surface area contributed by atoms with Crippen LogP contribution in [0.4, 0.5) is 0 Å². The molecule has 2 heterocycles. The van der Waals surface area contributed by atoms with Crippen LogP contribution in [0, 0.1) is 13.8 Å². The number of carbonyl (C=O) groups excluding carboxylic acids is 1. The summed E-state index contributed by atoms with van der Waals surface area (Å²) < 4.78 is 23.5. The Bertz CT molecular complexity index is 1260. The Hall–Kier alpha value is -2.78. The lowest BCUT2D eigenvalue weighted by Crippen LogP contribution is -2.38. The molecule has 3 aromatic rings. The van der Waals surface area contributed by atoms with Crippen molar-refractivity contribution in [3.8, 4) is 22.5 Å². The van der Waals surface area contributed by atoms with Crippen molar-refractivity contribution in [2.45, 2.75) is 31.5 Å². The lowest BCUT2D eigenvalue weighted by atomic mass is 10.0. The summed E-state index contributed by atoms with van der Waals surface area (Å²) >= 11 is 1.21. The minimum Gasteiger partial charge on any atom is -0.341 e. The Kier molecular flexibility index (Phi) is 6.81. The van der Waals surface area contributed by atoms with Crippen LogP contribution in [0.15, 0.2) is 53.7 Å². The van der Waals surface area contributed by atoms with Crippen molar-refractivity contribution < 1.29 is 13.2 Å². The largest absolute Gasteiger partial charge is 0.341 e. The maximum atomic E-state index is 12.7. The number of sulfone groups is 1. The highest BCUT2D eigenvalue weighted by Gasteiger charge is 2.32. The molecule has 0 N–H and O–H groups in total. The highest BCUT2D eigenvalue weighted by Crippen LogP contribution is 2.30. The predicted octanol–water partition coefficient (Wildman–Crippen LogP) is 3.56. The maximum Gasteiger partial charge on any atom is 0.233 e. The molecule has 1 saturated heterocycles. The van der Waals surface area contributed by atoms with Gasteiger partial charge in [-0.2, -0.15) is 0 Å². The van der Waals surface area contributed by atoms with E-state index in [1.807, 2.05) is 62.4 Å². The number of rotatable bonds is 6. The third-order valence-corrected chi connectivity index (χ3v) is 8.36. The normalized spacial score (nSPS) is 17.1. The number of benzene rings is 2. The second-order valence-corrected chi connectivity index (χ2v) is 11.5. The molecule has 172 valence electrons. The second kappa shape index (κ2) is 9.61. The molecule has 9 heteroatoms. The average Bonchev–Trinajstić information content (AvgIpc) is 3.17. The highest BCUT2D eigenvalue weighted by atomic mass is 32.2. The second-order valence-electron chi connectivity index (χ2n) is 8.37. The number of thioether (sulfide) groups is 1. The van der Waals surface area contributed by atoms with Crippen molar-refractivity contribution in [3.63, 3.8) is 0 Å². The van der Waals surface area contributed by atoms with E-state index in [2.05, 4.69) is 10.2 Å². The molecule has 1 amide bonds. The molecule has 2 aromatic carbocycles. The summed E-state index contributed by atoms with van der Waals surface area (Å²) in [4.78, 5) is 18.9. The Labute approximate surface area is 198 Å². The van der Waals surface area contributed by atoms with E-state index >= 15 is 0 Å². The minimum atomic E-state index is -3.05. The molecule has 33 heavy (non-hydrogen) atoms. The van der Waals surface area contributed by atoms with Crippen LogP contribution in [0.2, 0.25) is 0 Å². The summed E-state index contributed by atoms with van der Waals surface area (Å²) in [6.45, 7) is 4.06. The van der Waals surface area contributed by atoms with Crippen LogP contribution in [-0.2, 0) is 14.6 Å². The van der Waals surface area contributed by atoms with E-state index in [0.29, 0.717) is 23.0 Å². The van der Waals surface area contributed by atoms with Crippen LogP contribution >= 0.6 is 11.8 Å². The topological polar surface area (TPSA) is 93.1 Å². The third kappa shape index (κ3) is 5.59. The molecule has 0 radical (unpaired) electrons. The molecule has 7 nitrogen and oxygen atoms in total. The molecule has 4 rings (SSSR count). The fraction of sp³-hybridized carbons (Fsp3) is 0.333. The van der Waals surface area contributed by atoms with Crippen LogP contribution in [0.25, 0.3) is 22.5 Å². The zero-order chi connectivity index (χ0) is 23.6. The fourth-order valence-electron chi connectivity index (χ4n) is 3.70. The van der Waals surface area contributed by atoms with Gasteiger partial charge in [0.25, 0.3) is 0 Å². The van der Waals surface area contributed by atoms with Crippen molar-refractivity contribution in [3.05, 3.63) is 59.7 Å². The first kappa shape index (κ1) is 23.4. The van der Waals surface area contributed by atoms with Gasteiger partial charge >= 0.3 is 0 Å². The van der Waals surface area contributed by atoms with Gasteiger partial charge in [-0.3, -0.25) is 4.79 Å². The van der Waals surface area contributed by atoms with Crippen LogP contribution in [-0.4, -0.2) is 64.8 Å². The van der Waals surface area contributed by atoms with Crippen molar-refractivity contribution in [2.75, 3.05) is 24.3 Å². The summed E-state index contributed by atoms with van der Waals surface area (Å²) in [5, 5.41) is 9.13. The Morgan fingerprint density at radius 3 is 2.09 bits per heavy atom. The van der Waals surface area contributed by atoms with E-state index in [4.69, 9.17) is 4.98 Å². The van der Waals surface area contributed by atoms with Gasteiger partial charge in [0.05, 0.1) is 17.3 Å². The first-order chi connectivity index (χ1) is 15.7. The first-order valence-electron chi connectivity index (χ1n) is 10.7. The number of carbonyl (C=O) groups is 1. The van der Waals surface area contributed by atoms with E-state index in [1.165, 1.54) is 16.7 Å². The number of aryl methyl sites for hydroxylation is 2. The molecule has 1 unspecified atom stereocenters. The fourth-order valence-corrected chi connectivity index (χ4v) is 6.19. The van der Waals surface area contributed by atoms with Crippen molar-refractivity contribution >= 4 is 27.5 Å². The van der Waals surface area contributed by atoms with Crippen LogP contribution in [0.3, 0.4) is 0 Å². The van der Waals surface area contributed by atoms with E-state index in [1.54, 1.807) is 7.05 Å².